The van der Waals surface area contributed by atoms with E-state index in [9.17, 15) is 17.1 Å². The van der Waals surface area contributed by atoms with E-state index < -0.39 is 22.2 Å². The minimum absolute atomic E-state index is 0.0678. The number of hydrogen-bond acceptors (Lipinski definition) is 8. The molecule has 116 valence electrons. The van der Waals surface area contributed by atoms with Crippen LogP contribution >= 0.6 is 0 Å². The van der Waals surface area contributed by atoms with Gasteiger partial charge in [-0.15, -0.1) is 0 Å². The van der Waals surface area contributed by atoms with Gasteiger partial charge in [0.05, 0.1) is 25.1 Å². The Kier molecular flexibility index (Phi) is 4.46. The maximum absolute atomic E-state index is 12.4. The molecule has 0 fully saturated rings. The van der Waals surface area contributed by atoms with Gasteiger partial charge in [0.15, 0.2) is 17.3 Å². The second-order valence-electron chi connectivity index (χ2n) is 3.78. The molecular weight excluding hydrogens is 319 g/mol. The molecule has 0 aliphatic rings. The average molecular weight is 328 g/mol. The molecule has 2 heterocycles. The maximum atomic E-state index is 12.4. The van der Waals surface area contributed by atoms with Gasteiger partial charge in [0, 0.05) is 6.20 Å². The first-order valence-corrected chi connectivity index (χ1v) is 6.94. The number of carbonyl (C=O) groups is 1. The number of pyridine rings is 1. The SMILES string of the molecule is COc1cncnc1NC(=O)c1cncc(OS(=O)(=O)F)c1. The molecule has 11 heteroatoms. The van der Waals surface area contributed by atoms with Gasteiger partial charge in [0.25, 0.3) is 5.91 Å². The van der Waals surface area contributed by atoms with Crippen molar-refractivity contribution < 1.29 is 26.0 Å². The van der Waals surface area contributed by atoms with Crippen LogP contribution in [-0.4, -0.2) is 36.4 Å². The molecule has 0 radical (unpaired) electrons. The molecule has 0 spiro atoms. The monoisotopic (exact) mass is 328 g/mol. The molecule has 9 nitrogen and oxygen atoms in total. The number of anilines is 1. The third-order valence-electron chi connectivity index (χ3n) is 2.30. The van der Waals surface area contributed by atoms with Crippen LogP contribution in [0.1, 0.15) is 10.4 Å². The van der Waals surface area contributed by atoms with Crippen LogP contribution in [0.4, 0.5) is 9.70 Å². The van der Waals surface area contributed by atoms with E-state index in [-0.39, 0.29) is 17.1 Å². The Morgan fingerprint density at radius 2 is 2.05 bits per heavy atom. The van der Waals surface area contributed by atoms with E-state index >= 15 is 0 Å². The normalized spacial score (nSPS) is 10.8. The maximum Gasteiger partial charge on any atom is 0.488 e. The van der Waals surface area contributed by atoms with E-state index in [1.807, 2.05) is 0 Å². The molecular formula is C11H9FN4O5S. The first-order chi connectivity index (χ1) is 10.4. The minimum atomic E-state index is -5.20. The van der Waals surface area contributed by atoms with Gasteiger partial charge in [-0.05, 0) is 6.07 Å². The molecule has 2 aromatic rings. The van der Waals surface area contributed by atoms with E-state index in [0.29, 0.717) is 0 Å². The molecule has 2 aromatic heterocycles. The number of carbonyl (C=O) groups excluding carboxylic acids is 1. The summed E-state index contributed by atoms with van der Waals surface area (Å²) in [7, 11) is -3.83. The predicted octanol–water partition coefficient (Wildman–Crippen LogP) is 0.726. The van der Waals surface area contributed by atoms with Crippen LogP contribution in [0.5, 0.6) is 11.5 Å². The van der Waals surface area contributed by atoms with Gasteiger partial charge in [-0.3, -0.25) is 9.78 Å². The molecule has 0 saturated carbocycles. The van der Waals surface area contributed by atoms with Crippen molar-refractivity contribution in [2.45, 2.75) is 0 Å². The Hall–Kier alpha value is -2.82. The molecule has 0 aliphatic heterocycles. The van der Waals surface area contributed by atoms with Crippen molar-refractivity contribution in [1.82, 2.24) is 15.0 Å². The lowest BCUT2D eigenvalue weighted by Gasteiger charge is -2.08. The van der Waals surface area contributed by atoms with Gasteiger partial charge in [0.2, 0.25) is 0 Å². The number of halogens is 1. The molecule has 1 amide bonds. The van der Waals surface area contributed by atoms with Crippen molar-refractivity contribution in [1.29, 1.82) is 0 Å². The summed E-state index contributed by atoms with van der Waals surface area (Å²) in [5, 5.41) is 2.41. The molecule has 0 atom stereocenters. The zero-order valence-corrected chi connectivity index (χ0v) is 11.9. The Morgan fingerprint density at radius 3 is 2.73 bits per heavy atom. The lowest BCUT2D eigenvalue weighted by Crippen LogP contribution is -2.14. The van der Waals surface area contributed by atoms with E-state index in [1.165, 1.54) is 19.6 Å². The van der Waals surface area contributed by atoms with Gasteiger partial charge in [0.1, 0.15) is 6.33 Å². The summed E-state index contributed by atoms with van der Waals surface area (Å²) in [6.45, 7) is 0. The predicted molar refractivity (Wildman–Crippen MR) is 71.4 cm³/mol. The fourth-order valence-corrected chi connectivity index (χ4v) is 1.76. The molecule has 1 N–H and O–H groups in total. The Morgan fingerprint density at radius 1 is 1.27 bits per heavy atom. The van der Waals surface area contributed by atoms with Gasteiger partial charge >= 0.3 is 10.5 Å². The highest BCUT2D eigenvalue weighted by Crippen LogP contribution is 2.20. The molecule has 0 saturated heterocycles. The van der Waals surface area contributed by atoms with Gasteiger partial charge < -0.3 is 14.2 Å². The number of aromatic nitrogens is 3. The lowest BCUT2D eigenvalue weighted by molar-refractivity contribution is 0.102. The number of hydrogen-bond donors (Lipinski definition) is 1. The Balaban J connectivity index is 2.21. The highest BCUT2D eigenvalue weighted by molar-refractivity contribution is 7.81. The fourth-order valence-electron chi connectivity index (χ4n) is 1.44. The number of amides is 1. The third kappa shape index (κ3) is 4.09. The van der Waals surface area contributed by atoms with E-state index in [1.54, 1.807) is 0 Å². The second-order valence-corrected chi connectivity index (χ2v) is 4.73. The quantitative estimate of drug-likeness (QED) is 0.797. The van der Waals surface area contributed by atoms with Crippen LogP contribution in [0.25, 0.3) is 0 Å². The Labute approximate surface area is 124 Å². The van der Waals surface area contributed by atoms with Crippen molar-refractivity contribution in [3.63, 3.8) is 0 Å². The molecule has 0 unspecified atom stereocenters. The first-order valence-electron chi connectivity index (χ1n) is 5.63. The van der Waals surface area contributed by atoms with Crippen LogP contribution in [0.3, 0.4) is 0 Å². The summed E-state index contributed by atoms with van der Waals surface area (Å²) in [6, 6.07) is 1.01. The van der Waals surface area contributed by atoms with Crippen LogP contribution in [0, 0.1) is 0 Å². The summed E-state index contributed by atoms with van der Waals surface area (Å²) < 4.78 is 42.2. The minimum Gasteiger partial charge on any atom is -0.491 e. The average Bonchev–Trinajstić information content (AvgIpc) is 2.46. The summed E-state index contributed by atoms with van der Waals surface area (Å²) in [5.41, 5.74) is -0.0678. The number of ether oxygens (including phenoxy) is 1. The van der Waals surface area contributed by atoms with Crippen LogP contribution in [0.15, 0.2) is 31.0 Å². The standard InChI is InChI=1S/C11H9FN4O5S/c1-20-9-5-14-6-15-10(9)16-11(17)7-2-8(4-13-3-7)21-22(12,18)19/h2-6H,1H3,(H,14,15,16,17). The number of nitrogens with one attached hydrogen (secondary N) is 1. The third-order valence-corrected chi connectivity index (χ3v) is 2.69. The van der Waals surface area contributed by atoms with Gasteiger partial charge in [-0.2, -0.15) is 8.42 Å². The molecule has 0 aromatic carbocycles. The number of methoxy groups -OCH3 is 1. The van der Waals surface area contributed by atoms with Crippen molar-refractivity contribution in [3.05, 3.63) is 36.5 Å². The summed E-state index contributed by atoms with van der Waals surface area (Å²) in [4.78, 5) is 23.2. The zero-order valence-electron chi connectivity index (χ0n) is 11.1. The summed E-state index contributed by atoms with van der Waals surface area (Å²) >= 11 is 0. The smallest absolute Gasteiger partial charge is 0.488 e. The van der Waals surface area contributed by atoms with Crippen molar-refractivity contribution in [3.8, 4) is 11.5 Å². The van der Waals surface area contributed by atoms with E-state index in [4.69, 9.17) is 4.74 Å². The van der Waals surface area contributed by atoms with Crippen molar-refractivity contribution in [2.24, 2.45) is 0 Å². The number of nitrogens with zero attached hydrogens (tertiary/aromatic N) is 3. The molecule has 0 aliphatic carbocycles. The zero-order chi connectivity index (χ0) is 16.2. The summed E-state index contributed by atoms with van der Waals surface area (Å²) in [5.74, 6) is -0.787. The topological polar surface area (TPSA) is 120 Å². The van der Waals surface area contributed by atoms with E-state index in [0.717, 1.165) is 18.5 Å². The fraction of sp³-hybridized carbons (Fsp3) is 0.0909. The highest BCUT2D eigenvalue weighted by Gasteiger charge is 2.15. The second kappa shape index (κ2) is 6.30. The highest BCUT2D eigenvalue weighted by atomic mass is 32.3. The van der Waals surface area contributed by atoms with Crippen LogP contribution < -0.4 is 14.2 Å². The van der Waals surface area contributed by atoms with Crippen molar-refractivity contribution >= 4 is 22.2 Å². The molecule has 2 rings (SSSR count). The van der Waals surface area contributed by atoms with E-state index in [2.05, 4.69) is 24.5 Å². The van der Waals surface area contributed by atoms with Gasteiger partial charge in [-0.1, -0.05) is 3.89 Å². The largest absolute Gasteiger partial charge is 0.491 e. The Bertz CT molecular complexity index is 799. The molecule has 22 heavy (non-hydrogen) atoms. The number of rotatable bonds is 5. The summed E-state index contributed by atoms with van der Waals surface area (Å²) in [6.07, 6.45) is 4.63. The first kappa shape index (κ1) is 15.6. The van der Waals surface area contributed by atoms with Crippen LogP contribution in [-0.2, 0) is 10.5 Å². The van der Waals surface area contributed by atoms with Crippen molar-refractivity contribution in [2.75, 3.05) is 12.4 Å². The lowest BCUT2D eigenvalue weighted by atomic mass is 10.2. The van der Waals surface area contributed by atoms with Crippen LogP contribution in [0.2, 0.25) is 0 Å². The molecule has 0 bridgehead atoms. The van der Waals surface area contributed by atoms with Gasteiger partial charge in [-0.25, -0.2) is 9.97 Å².